The van der Waals surface area contributed by atoms with Crippen molar-refractivity contribution in [2.75, 3.05) is 9.80 Å². The van der Waals surface area contributed by atoms with E-state index in [9.17, 15) is 0 Å². The van der Waals surface area contributed by atoms with Crippen LogP contribution in [0.2, 0.25) is 0 Å². The molecule has 0 unspecified atom stereocenters. The van der Waals surface area contributed by atoms with E-state index in [0.717, 1.165) is 38.9 Å². The lowest BCUT2D eigenvalue weighted by Gasteiger charge is -2.44. The van der Waals surface area contributed by atoms with Crippen LogP contribution < -0.4 is 26.2 Å². The first-order chi connectivity index (χ1) is 30.4. The summed E-state index contributed by atoms with van der Waals surface area (Å²) in [5, 5.41) is 2.29. The van der Waals surface area contributed by atoms with Gasteiger partial charge in [0.15, 0.2) is 0 Å². The predicted molar refractivity (Wildman–Crippen MR) is 263 cm³/mol. The summed E-state index contributed by atoms with van der Waals surface area (Å²) in [5.74, 6) is 0. The molecule has 3 heterocycles. The molecule has 294 valence electrons. The Labute approximate surface area is 363 Å². The summed E-state index contributed by atoms with van der Waals surface area (Å²) in [5.41, 5.74) is 21.3. The van der Waals surface area contributed by atoms with Gasteiger partial charge in [0.05, 0.1) is 0 Å². The van der Waals surface area contributed by atoms with Crippen LogP contribution in [0.3, 0.4) is 0 Å². The molecule has 3 nitrogen and oxygen atoms in total. The second-order valence-electron chi connectivity index (χ2n) is 17.7. The van der Waals surface area contributed by atoms with Crippen LogP contribution in [0.15, 0.2) is 211 Å². The molecule has 0 amide bonds. The molecule has 0 saturated carbocycles. The summed E-state index contributed by atoms with van der Waals surface area (Å²) in [6.45, 7) is 6.95. The zero-order valence-electron chi connectivity index (χ0n) is 35.0. The normalized spacial score (nSPS) is 13.0. The van der Waals surface area contributed by atoms with Crippen LogP contribution in [0.4, 0.5) is 34.1 Å². The van der Waals surface area contributed by atoms with E-state index < -0.39 is 0 Å². The van der Waals surface area contributed by atoms with Gasteiger partial charge in [0.2, 0.25) is 0 Å². The van der Waals surface area contributed by atoms with E-state index in [1.807, 2.05) is 6.07 Å². The summed E-state index contributed by atoms with van der Waals surface area (Å²) in [7, 11) is 0. The number of benzene rings is 9. The topological polar surface area (TPSA) is 19.6 Å². The van der Waals surface area contributed by atoms with Gasteiger partial charge in [0.25, 0.3) is 6.71 Å². The van der Waals surface area contributed by atoms with E-state index in [1.54, 1.807) is 0 Å². The molecule has 0 bridgehead atoms. The van der Waals surface area contributed by atoms with Crippen LogP contribution in [-0.4, -0.2) is 6.71 Å². The van der Waals surface area contributed by atoms with Crippen LogP contribution >= 0.6 is 0 Å². The highest BCUT2D eigenvalue weighted by atomic mass is 16.3. The SMILES string of the molecule is CC(C)(C)c1ccc2c(c1)N(c1ccc(-c3cccc4oc5ccccc5c34)cc1)c1cccc3c1B2c1cc(-c2ccccc2)ccc1N3c1ccc(-c2ccccc2)cc1. The van der Waals surface area contributed by atoms with E-state index in [1.165, 1.54) is 72.5 Å². The molecule has 0 atom stereocenters. The van der Waals surface area contributed by atoms with Gasteiger partial charge in [0, 0.05) is 44.9 Å². The second-order valence-corrected chi connectivity index (χ2v) is 17.7. The lowest BCUT2D eigenvalue weighted by Crippen LogP contribution is -2.61. The number of rotatable bonds is 5. The van der Waals surface area contributed by atoms with Gasteiger partial charge in [-0.1, -0.05) is 166 Å². The lowest BCUT2D eigenvalue weighted by atomic mass is 9.33. The van der Waals surface area contributed by atoms with Crippen LogP contribution in [0.1, 0.15) is 26.3 Å². The first-order valence-electron chi connectivity index (χ1n) is 21.6. The highest BCUT2D eigenvalue weighted by molar-refractivity contribution is 7.00. The molecule has 0 radical (unpaired) electrons. The molecule has 1 aromatic heterocycles. The minimum Gasteiger partial charge on any atom is -0.456 e. The van der Waals surface area contributed by atoms with Crippen molar-refractivity contribution < 1.29 is 4.42 Å². The Morgan fingerprint density at radius 2 is 0.968 bits per heavy atom. The Balaban J connectivity index is 1.07. The predicted octanol–water partition coefficient (Wildman–Crippen LogP) is 14.0. The van der Waals surface area contributed by atoms with E-state index in [2.05, 4.69) is 231 Å². The van der Waals surface area contributed by atoms with E-state index in [0.29, 0.717) is 0 Å². The molecule has 10 aromatic rings. The quantitative estimate of drug-likeness (QED) is 0.162. The standard InChI is InChI=1S/C58H43BN2O/c1-58(2,3)43-29-34-48-53(37-43)61(45-32-26-41(27-33-45)46-19-12-23-55-56(46)47-18-10-11-22-54(47)62-55)52-21-13-20-51-57(52)59(48)49-36-42(39-16-8-5-9-17-39)28-35-50(49)60(51)44-30-24-40(25-31-44)38-14-6-4-7-15-38/h4-37H,1-3H3. The number of anilines is 6. The molecule has 2 aliphatic heterocycles. The van der Waals surface area contributed by atoms with E-state index in [4.69, 9.17) is 4.42 Å². The molecule has 0 saturated heterocycles. The van der Waals surface area contributed by atoms with Crippen molar-refractivity contribution in [3.8, 4) is 33.4 Å². The Morgan fingerprint density at radius 3 is 1.66 bits per heavy atom. The molecule has 0 N–H and O–H groups in total. The van der Waals surface area contributed by atoms with Crippen molar-refractivity contribution in [2.24, 2.45) is 0 Å². The fraction of sp³-hybridized carbons (Fsp3) is 0.0690. The summed E-state index contributed by atoms with van der Waals surface area (Å²) in [4.78, 5) is 5.00. The van der Waals surface area contributed by atoms with Crippen molar-refractivity contribution in [3.05, 3.63) is 212 Å². The molecule has 0 aliphatic carbocycles. The Bertz CT molecular complexity index is 3330. The van der Waals surface area contributed by atoms with Gasteiger partial charge in [0.1, 0.15) is 11.2 Å². The molecule has 2 aliphatic rings. The van der Waals surface area contributed by atoms with Gasteiger partial charge in [-0.2, -0.15) is 0 Å². The van der Waals surface area contributed by atoms with Gasteiger partial charge in [-0.3, -0.25) is 0 Å². The Morgan fingerprint density at radius 1 is 0.403 bits per heavy atom. The number of fused-ring (bicyclic) bond motifs is 7. The molecular formula is C58H43BN2O. The van der Waals surface area contributed by atoms with Gasteiger partial charge < -0.3 is 14.2 Å². The fourth-order valence-corrected chi connectivity index (χ4v) is 10.0. The number of para-hydroxylation sites is 1. The maximum atomic E-state index is 6.30. The molecular weight excluding hydrogens is 751 g/mol. The van der Waals surface area contributed by atoms with Crippen LogP contribution in [-0.2, 0) is 5.41 Å². The first-order valence-corrected chi connectivity index (χ1v) is 21.6. The van der Waals surface area contributed by atoms with Crippen LogP contribution in [0.25, 0.3) is 55.3 Å². The zero-order valence-corrected chi connectivity index (χ0v) is 35.0. The maximum absolute atomic E-state index is 6.30. The van der Waals surface area contributed by atoms with Crippen molar-refractivity contribution in [1.82, 2.24) is 0 Å². The van der Waals surface area contributed by atoms with Crippen molar-refractivity contribution >= 4 is 79.2 Å². The number of hydrogen-bond donors (Lipinski definition) is 0. The van der Waals surface area contributed by atoms with Gasteiger partial charge >= 0.3 is 0 Å². The molecule has 62 heavy (non-hydrogen) atoms. The Kier molecular flexibility index (Phi) is 8.20. The highest BCUT2D eigenvalue weighted by Gasteiger charge is 2.43. The average Bonchev–Trinajstić information content (AvgIpc) is 3.71. The minimum atomic E-state index is -0.0353. The van der Waals surface area contributed by atoms with Gasteiger partial charge in [-0.15, -0.1) is 0 Å². The summed E-state index contributed by atoms with van der Waals surface area (Å²) in [6, 6.07) is 75.6. The fourth-order valence-electron chi connectivity index (χ4n) is 10.0. The third-order valence-electron chi connectivity index (χ3n) is 13.0. The third-order valence-corrected chi connectivity index (χ3v) is 13.0. The maximum Gasteiger partial charge on any atom is 0.252 e. The van der Waals surface area contributed by atoms with Crippen LogP contribution in [0.5, 0.6) is 0 Å². The molecule has 0 spiro atoms. The largest absolute Gasteiger partial charge is 0.456 e. The summed E-state index contributed by atoms with van der Waals surface area (Å²) in [6.07, 6.45) is 0. The van der Waals surface area contributed by atoms with Crippen LogP contribution in [0, 0.1) is 0 Å². The molecule has 4 heteroatoms. The second kappa shape index (κ2) is 14.0. The smallest absolute Gasteiger partial charge is 0.252 e. The van der Waals surface area contributed by atoms with Crippen molar-refractivity contribution in [3.63, 3.8) is 0 Å². The molecule has 12 rings (SSSR count). The summed E-state index contributed by atoms with van der Waals surface area (Å²) < 4.78 is 6.30. The monoisotopic (exact) mass is 794 g/mol. The third kappa shape index (κ3) is 5.74. The molecule has 9 aromatic carbocycles. The average molecular weight is 795 g/mol. The van der Waals surface area contributed by atoms with Gasteiger partial charge in [-0.25, -0.2) is 0 Å². The lowest BCUT2D eigenvalue weighted by molar-refractivity contribution is 0.590. The number of hydrogen-bond acceptors (Lipinski definition) is 3. The van der Waals surface area contributed by atoms with E-state index in [-0.39, 0.29) is 12.1 Å². The Hall–Kier alpha value is -7.56. The molecule has 0 fully saturated rings. The number of furan rings is 1. The highest BCUT2D eigenvalue weighted by Crippen LogP contribution is 2.46. The minimum absolute atomic E-state index is 0.0196. The number of nitrogens with zero attached hydrogens (tertiary/aromatic N) is 2. The summed E-state index contributed by atoms with van der Waals surface area (Å²) >= 11 is 0. The first kappa shape index (κ1) is 36.3. The zero-order chi connectivity index (χ0) is 41.5. The van der Waals surface area contributed by atoms with E-state index >= 15 is 0 Å². The van der Waals surface area contributed by atoms with Gasteiger partial charge in [-0.05, 0) is 121 Å². The van der Waals surface area contributed by atoms with Crippen molar-refractivity contribution in [1.29, 1.82) is 0 Å². The van der Waals surface area contributed by atoms with Crippen molar-refractivity contribution in [2.45, 2.75) is 26.2 Å².